The van der Waals surface area contributed by atoms with Gasteiger partial charge in [0, 0.05) is 34.8 Å². The first-order chi connectivity index (χ1) is 14.8. The second-order valence-corrected chi connectivity index (χ2v) is 9.48. The summed E-state index contributed by atoms with van der Waals surface area (Å²) in [5.74, 6) is -0.507. The molecule has 8 heteroatoms. The maximum absolute atomic E-state index is 13.0. The van der Waals surface area contributed by atoms with Gasteiger partial charge < -0.3 is 10.2 Å². The van der Waals surface area contributed by atoms with Crippen LogP contribution in [0.5, 0.6) is 0 Å². The molecule has 6 nitrogen and oxygen atoms in total. The first kappa shape index (κ1) is 23.2. The molecular weight excluding hydrogens is 524 g/mol. The van der Waals surface area contributed by atoms with Crippen LogP contribution in [0.3, 0.4) is 0 Å². The van der Waals surface area contributed by atoms with Crippen molar-refractivity contribution in [1.29, 1.82) is 5.26 Å². The van der Waals surface area contributed by atoms with Crippen molar-refractivity contribution < 1.29 is 9.59 Å². The largest absolute Gasteiger partial charge is 0.345 e. The number of hydrogen-bond donors (Lipinski definition) is 1. The van der Waals surface area contributed by atoms with E-state index in [1.807, 2.05) is 18.2 Å². The normalized spacial score (nSPS) is 15.3. The molecule has 31 heavy (non-hydrogen) atoms. The van der Waals surface area contributed by atoms with Crippen molar-refractivity contribution in [2.45, 2.75) is 31.2 Å². The van der Waals surface area contributed by atoms with Gasteiger partial charge in [0.25, 0.3) is 11.8 Å². The average Bonchev–Trinajstić information content (AvgIpc) is 3.22. The van der Waals surface area contributed by atoms with Gasteiger partial charge in [0.15, 0.2) is 0 Å². The van der Waals surface area contributed by atoms with E-state index >= 15 is 0 Å². The van der Waals surface area contributed by atoms with E-state index in [1.54, 1.807) is 38.5 Å². The smallest absolute Gasteiger partial charge is 0.262 e. The van der Waals surface area contributed by atoms with E-state index in [1.165, 1.54) is 11.0 Å². The molecule has 0 atom stereocenters. The number of amides is 2. The van der Waals surface area contributed by atoms with Gasteiger partial charge in [0.2, 0.25) is 0 Å². The third-order valence-electron chi connectivity index (χ3n) is 5.38. The summed E-state index contributed by atoms with van der Waals surface area (Å²) >= 11 is 6.75. The molecule has 0 saturated heterocycles. The van der Waals surface area contributed by atoms with Crippen molar-refractivity contribution in [3.8, 4) is 6.07 Å². The maximum Gasteiger partial charge on any atom is 0.262 e. The fraction of sp³-hybridized carbons (Fsp3) is 0.304. The maximum atomic E-state index is 13.0. The Morgan fingerprint density at radius 3 is 2.39 bits per heavy atom. The summed E-state index contributed by atoms with van der Waals surface area (Å²) in [5.41, 5.74) is 1.46. The molecule has 0 bridgehead atoms. The summed E-state index contributed by atoms with van der Waals surface area (Å²) in [7, 11) is 3.42. The zero-order chi connectivity index (χ0) is 22.6. The second-order valence-electron chi connectivity index (χ2n) is 7.71. The SMILES string of the molecule is CN(C)C(=O)c1ccc(C2(NC(=O)/C(C#N)=C/c3ncc(Br)cc3Br)CCCC2)cc1. The van der Waals surface area contributed by atoms with E-state index in [4.69, 9.17) is 0 Å². The molecule has 0 aliphatic heterocycles. The Hall–Kier alpha value is -2.50. The first-order valence-electron chi connectivity index (χ1n) is 9.83. The van der Waals surface area contributed by atoms with Gasteiger partial charge in [-0.2, -0.15) is 5.26 Å². The lowest BCUT2D eigenvalue weighted by Gasteiger charge is -2.31. The summed E-state index contributed by atoms with van der Waals surface area (Å²) in [6, 6.07) is 11.2. The highest BCUT2D eigenvalue weighted by Gasteiger charge is 2.37. The van der Waals surface area contributed by atoms with Crippen LogP contribution < -0.4 is 5.32 Å². The number of benzene rings is 1. The van der Waals surface area contributed by atoms with E-state index in [-0.39, 0.29) is 11.5 Å². The summed E-state index contributed by atoms with van der Waals surface area (Å²) in [5, 5.41) is 12.7. The summed E-state index contributed by atoms with van der Waals surface area (Å²) in [6.45, 7) is 0. The van der Waals surface area contributed by atoms with Crippen molar-refractivity contribution in [2.24, 2.45) is 0 Å². The number of nitriles is 1. The zero-order valence-electron chi connectivity index (χ0n) is 17.3. The lowest BCUT2D eigenvalue weighted by Crippen LogP contribution is -2.44. The Morgan fingerprint density at radius 2 is 1.84 bits per heavy atom. The number of aromatic nitrogens is 1. The zero-order valence-corrected chi connectivity index (χ0v) is 20.5. The number of nitrogens with one attached hydrogen (secondary N) is 1. The first-order valence-corrected chi connectivity index (χ1v) is 11.4. The van der Waals surface area contributed by atoms with Crippen molar-refractivity contribution in [3.63, 3.8) is 0 Å². The van der Waals surface area contributed by atoms with Crippen LogP contribution in [0.15, 0.2) is 51.0 Å². The standard InChI is InChI=1S/C23H22Br2N4O2/c1-29(2)22(31)15-5-7-17(8-6-15)23(9-3-4-10-23)28-21(30)16(13-26)11-20-19(25)12-18(24)14-27-20/h5-8,11-12,14H,3-4,9-10H2,1-2H3,(H,28,30)/b16-11+. The molecule has 1 heterocycles. The van der Waals surface area contributed by atoms with Crippen molar-refractivity contribution >= 4 is 49.8 Å². The predicted octanol–water partition coefficient (Wildman–Crippen LogP) is 4.80. The molecule has 1 N–H and O–H groups in total. The van der Waals surface area contributed by atoms with E-state index < -0.39 is 11.4 Å². The Morgan fingerprint density at radius 1 is 1.19 bits per heavy atom. The van der Waals surface area contributed by atoms with Gasteiger partial charge in [-0.05, 0) is 74.5 Å². The summed E-state index contributed by atoms with van der Waals surface area (Å²) in [4.78, 5) is 31.0. The predicted molar refractivity (Wildman–Crippen MR) is 126 cm³/mol. The molecule has 1 saturated carbocycles. The molecule has 160 valence electrons. The van der Waals surface area contributed by atoms with Gasteiger partial charge in [0.05, 0.1) is 11.2 Å². The van der Waals surface area contributed by atoms with Crippen LogP contribution in [0.1, 0.15) is 47.3 Å². The molecule has 1 aromatic heterocycles. The molecule has 3 rings (SSSR count). The molecule has 1 aliphatic rings. The van der Waals surface area contributed by atoms with Crippen LogP contribution in [0.2, 0.25) is 0 Å². The van der Waals surface area contributed by atoms with E-state index in [0.717, 1.165) is 35.7 Å². The quantitative estimate of drug-likeness (QED) is 0.432. The highest BCUT2D eigenvalue weighted by Crippen LogP contribution is 2.39. The van der Waals surface area contributed by atoms with Gasteiger partial charge in [-0.25, -0.2) is 0 Å². The molecule has 2 amide bonds. The third kappa shape index (κ3) is 5.23. The topological polar surface area (TPSA) is 86.1 Å². The Kier molecular flexibility index (Phi) is 7.29. The number of carbonyl (C=O) groups is 2. The Bertz CT molecular complexity index is 1070. The highest BCUT2D eigenvalue weighted by molar-refractivity contribution is 9.11. The minimum Gasteiger partial charge on any atom is -0.345 e. The van der Waals surface area contributed by atoms with E-state index in [2.05, 4.69) is 42.2 Å². The van der Waals surface area contributed by atoms with Crippen LogP contribution in [-0.2, 0) is 10.3 Å². The second kappa shape index (κ2) is 9.75. The molecule has 1 fully saturated rings. The monoisotopic (exact) mass is 544 g/mol. The van der Waals surface area contributed by atoms with Gasteiger partial charge in [-0.1, -0.05) is 25.0 Å². The Balaban J connectivity index is 1.88. The third-order valence-corrected chi connectivity index (χ3v) is 6.45. The lowest BCUT2D eigenvalue weighted by molar-refractivity contribution is -0.119. The number of halogens is 2. The Labute approximate surface area is 198 Å². The fourth-order valence-corrected chi connectivity index (χ4v) is 4.86. The molecule has 1 aliphatic carbocycles. The lowest BCUT2D eigenvalue weighted by atomic mass is 9.87. The van der Waals surface area contributed by atoms with Crippen molar-refractivity contribution in [1.82, 2.24) is 15.2 Å². The number of pyridine rings is 1. The minimum absolute atomic E-state index is 0.0128. The fourth-order valence-electron chi connectivity index (χ4n) is 3.76. The van der Waals surface area contributed by atoms with Crippen molar-refractivity contribution in [3.05, 3.63) is 67.9 Å². The number of rotatable bonds is 5. The minimum atomic E-state index is -0.558. The summed E-state index contributed by atoms with van der Waals surface area (Å²) < 4.78 is 1.47. The molecule has 2 aromatic rings. The number of hydrogen-bond acceptors (Lipinski definition) is 4. The van der Waals surface area contributed by atoms with Crippen LogP contribution >= 0.6 is 31.9 Å². The molecule has 0 unspecified atom stereocenters. The molecule has 1 aromatic carbocycles. The van der Waals surface area contributed by atoms with Crippen LogP contribution in [0, 0.1) is 11.3 Å². The van der Waals surface area contributed by atoms with E-state index in [9.17, 15) is 14.9 Å². The van der Waals surface area contributed by atoms with E-state index in [0.29, 0.717) is 15.7 Å². The van der Waals surface area contributed by atoms with Gasteiger partial charge in [-0.15, -0.1) is 0 Å². The number of nitrogens with zero attached hydrogens (tertiary/aromatic N) is 3. The van der Waals surface area contributed by atoms with Gasteiger partial charge >= 0.3 is 0 Å². The molecule has 0 radical (unpaired) electrons. The highest BCUT2D eigenvalue weighted by atomic mass is 79.9. The summed E-state index contributed by atoms with van der Waals surface area (Å²) in [6.07, 6.45) is 6.59. The van der Waals surface area contributed by atoms with Gasteiger partial charge in [0.1, 0.15) is 11.6 Å². The van der Waals surface area contributed by atoms with Crippen LogP contribution in [0.25, 0.3) is 6.08 Å². The number of carbonyl (C=O) groups excluding carboxylic acids is 2. The van der Waals surface area contributed by atoms with Gasteiger partial charge in [-0.3, -0.25) is 14.6 Å². The van der Waals surface area contributed by atoms with Crippen molar-refractivity contribution in [2.75, 3.05) is 14.1 Å². The molecule has 0 spiro atoms. The average molecular weight is 546 g/mol. The van der Waals surface area contributed by atoms with Crippen LogP contribution in [-0.4, -0.2) is 35.8 Å². The van der Waals surface area contributed by atoms with Crippen LogP contribution in [0.4, 0.5) is 0 Å². The molecular formula is C23H22Br2N4O2.